The second-order valence-corrected chi connectivity index (χ2v) is 27.0. The summed E-state index contributed by atoms with van der Waals surface area (Å²) in [4.78, 5) is 81.3. The number of ether oxygens (including phenoxy) is 6. The number of fused-ring (bicyclic) bond motifs is 1. The maximum atomic E-state index is 13.9. The molecule has 0 radical (unpaired) electrons. The lowest BCUT2D eigenvalue weighted by molar-refractivity contribution is -0.165. The van der Waals surface area contributed by atoms with E-state index >= 15 is 0 Å². The van der Waals surface area contributed by atoms with Crippen LogP contribution in [0.2, 0.25) is 0 Å². The van der Waals surface area contributed by atoms with Gasteiger partial charge in [0.2, 0.25) is 0 Å². The van der Waals surface area contributed by atoms with Gasteiger partial charge in [-0.1, -0.05) is 65.8 Å². The highest BCUT2D eigenvalue weighted by Crippen LogP contribution is 2.45. The fraction of sp³-hybridized carbons (Fsp3) is 0.688. The molecule has 13 heteroatoms. The molecule has 3 aromatic rings. The van der Waals surface area contributed by atoms with E-state index in [0.717, 1.165) is 67.0 Å². The van der Waals surface area contributed by atoms with E-state index in [-0.39, 0.29) is 107 Å². The molecule has 12 nitrogen and oxygen atoms in total. The van der Waals surface area contributed by atoms with Crippen LogP contribution in [0.5, 0.6) is 11.5 Å². The summed E-state index contributed by atoms with van der Waals surface area (Å²) in [6, 6.07) is 13.1. The zero-order valence-electron chi connectivity index (χ0n) is 46.8. The van der Waals surface area contributed by atoms with Crippen LogP contribution in [0.3, 0.4) is 0 Å². The lowest BCUT2D eigenvalue weighted by atomic mass is 9.70. The first kappa shape index (κ1) is 56.9. The summed E-state index contributed by atoms with van der Waals surface area (Å²) in [5, 5.41) is 4.10. The van der Waals surface area contributed by atoms with Gasteiger partial charge in [-0.2, -0.15) is 0 Å². The summed E-state index contributed by atoms with van der Waals surface area (Å²) < 4.78 is 36.2. The Morgan fingerprint density at radius 1 is 0.403 bits per heavy atom. The molecule has 420 valence electrons. The van der Waals surface area contributed by atoms with Crippen molar-refractivity contribution in [3.8, 4) is 21.9 Å². The fourth-order valence-corrected chi connectivity index (χ4v) is 14.6. The molecule has 0 spiro atoms. The van der Waals surface area contributed by atoms with Crippen molar-refractivity contribution in [2.75, 3.05) is 0 Å². The average Bonchev–Trinajstić information content (AvgIpc) is 3.88. The number of hydrogen-bond donors (Lipinski definition) is 0. The molecule has 6 fully saturated rings. The van der Waals surface area contributed by atoms with Crippen LogP contribution in [0, 0.1) is 58.2 Å². The van der Waals surface area contributed by atoms with Gasteiger partial charge in [-0.05, 0) is 206 Å². The van der Waals surface area contributed by atoms with Crippen LogP contribution in [0.4, 0.5) is 0 Å². The number of carbonyl (C=O) groups is 6. The van der Waals surface area contributed by atoms with E-state index in [0.29, 0.717) is 132 Å². The van der Waals surface area contributed by atoms with E-state index in [1.54, 1.807) is 18.2 Å². The molecule has 1 aromatic heterocycles. The van der Waals surface area contributed by atoms with Gasteiger partial charge < -0.3 is 28.4 Å². The van der Waals surface area contributed by atoms with Crippen LogP contribution in [-0.4, -0.2) is 60.2 Å². The molecule has 0 aliphatic heterocycles. The van der Waals surface area contributed by atoms with E-state index in [4.69, 9.17) is 28.4 Å². The number of hydrogen-bond acceptors (Lipinski definition) is 13. The van der Waals surface area contributed by atoms with Crippen molar-refractivity contribution < 1.29 is 57.2 Å². The predicted octanol–water partition coefficient (Wildman–Crippen LogP) is 14.5. The van der Waals surface area contributed by atoms with Crippen molar-refractivity contribution in [2.45, 2.75) is 220 Å². The van der Waals surface area contributed by atoms with Crippen molar-refractivity contribution >= 4 is 57.9 Å². The third-order valence-electron chi connectivity index (χ3n) is 18.9. The first-order chi connectivity index (χ1) is 36.8. The van der Waals surface area contributed by atoms with Crippen molar-refractivity contribution in [3.05, 3.63) is 47.8 Å². The molecule has 0 N–H and O–H groups in total. The van der Waals surface area contributed by atoms with E-state index < -0.39 is 0 Å². The average molecular weight is 1080 g/mol. The highest BCUT2D eigenvalue weighted by molar-refractivity contribution is 7.15. The van der Waals surface area contributed by atoms with Crippen LogP contribution in [-0.2, 0) is 47.7 Å². The molecule has 6 aliphatic carbocycles. The van der Waals surface area contributed by atoms with Crippen LogP contribution in [0.25, 0.3) is 21.2 Å². The van der Waals surface area contributed by atoms with Gasteiger partial charge in [0.15, 0.2) is 0 Å². The number of rotatable bonds is 13. The molecular formula is C64H86O12S. The largest absolute Gasteiger partial charge is 0.462 e. The van der Waals surface area contributed by atoms with Crippen LogP contribution in [0.15, 0.2) is 47.8 Å². The Morgan fingerprint density at radius 2 is 0.740 bits per heavy atom. The summed E-state index contributed by atoms with van der Waals surface area (Å²) in [5.74, 6) is -0.605. The molecule has 9 rings (SSSR count). The second-order valence-electron chi connectivity index (χ2n) is 26.1. The van der Waals surface area contributed by atoms with E-state index in [1.807, 2.05) is 24.3 Å². The molecule has 0 saturated heterocycles. The van der Waals surface area contributed by atoms with Crippen molar-refractivity contribution in [1.82, 2.24) is 0 Å². The van der Waals surface area contributed by atoms with Crippen LogP contribution >= 0.6 is 11.3 Å². The zero-order chi connectivity index (χ0) is 54.4. The molecule has 0 bridgehead atoms. The summed E-state index contributed by atoms with van der Waals surface area (Å²) >= 11 is 1.53. The molecule has 0 unspecified atom stereocenters. The molecular weight excluding hydrogens is 993 g/mol. The van der Waals surface area contributed by atoms with E-state index in [9.17, 15) is 28.8 Å². The predicted molar refractivity (Wildman–Crippen MR) is 296 cm³/mol. The van der Waals surface area contributed by atoms with Crippen molar-refractivity contribution in [2.24, 2.45) is 58.2 Å². The van der Waals surface area contributed by atoms with Crippen molar-refractivity contribution in [3.63, 3.8) is 0 Å². The number of thiophene rings is 1. The third-order valence-corrected chi connectivity index (χ3v) is 19.9. The number of esters is 6. The summed E-state index contributed by atoms with van der Waals surface area (Å²) in [6.45, 7) is 13.7. The minimum absolute atomic E-state index is 0.0127. The van der Waals surface area contributed by atoms with Gasteiger partial charge in [-0.3, -0.25) is 28.8 Å². The molecule has 1 heterocycles. The maximum absolute atomic E-state index is 13.9. The number of carbonyl (C=O) groups excluding carboxylic acids is 6. The minimum Gasteiger partial charge on any atom is -0.462 e. The monoisotopic (exact) mass is 1080 g/mol. The second kappa shape index (κ2) is 25.1. The first-order valence-electron chi connectivity index (χ1n) is 29.7. The highest BCUT2D eigenvalue weighted by Gasteiger charge is 2.40. The molecule has 0 atom stereocenters. The third kappa shape index (κ3) is 14.7. The van der Waals surface area contributed by atoms with Gasteiger partial charge in [-0.25, -0.2) is 0 Å². The topological polar surface area (TPSA) is 158 Å². The Hall–Kier alpha value is -4.78. The summed E-state index contributed by atoms with van der Waals surface area (Å²) in [7, 11) is 0. The van der Waals surface area contributed by atoms with Gasteiger partial charge in [0.1, 0.15) is 35.9 Å². The summed E-state index contributed by atoms with van der Waals surface area (Å²) in [6.07, 6.45) is 16.8. The molecule has 77 heavy (non-hydrogen) atoms. The molecule has 0 amide bonds. The van der Waals surface area contributed by atoms with Crippen LogP contribution in [0.1, 0.15) is 196 Å². The zero-order valence-corrected chi connectivity index (χ0v) is 47.6. The minimum atomic E-state index is -0.384. The van der Waals surface area contributed by atoms with Crippen molar-refractivity contribution in [1.29, 1.82) is 0 Å². The highest BCUT2D eigenvalue weighted by atomic mass is 32.1. The Kier molecular flexibility index (Phi) is 18.6. The van der Waals surface area contributed by atoms with Gasteiger partial charge in [0.25, 0.3) is 0 Å². The van der Waals surface area contributed by atoms with E-state index in [2.05, 4.69) is 46.9 Å². The van der Waals surface area contributed by atoms with Crippen LogP contribution < -0.4 is 9.47 Å². The Morgan fingerprint density at radius 3 is 1.12 bits per heavy atom. The quantitative estimate of drug-likeness (QED) is 0.0907. The van der Waals surface area contributed by atoms with Gasteiger partial charge in [-0.15, -0.1) is 11.3 Å². The Bertz CT molecular complexity index is 2520. The van der Waals surface area contributed by atoms with Gasteiger partial charge in [0, 0.05) is 15.8 Å². The Labute approximate surface area is 461 Å². The molecule has 6 aliphatic rings. The van der Waals surface area contributed by atoms with Gasteiger partial charge in [0.05, 0.1) is 35.5 Å². The SMILES string of the molecule is CC(C)(C)C1CCC(C(=O)O[C@H]2CC[C@H](OC(=O)[C@H]3CC[C@H](C(=O)Oc4ccc(OC(=O)[C@H]5CC[C@H](C(=O)O[C@H]6CC[C@H](OC(=O)C7CCC(C(C)(C)C)CC7)CC6)CC5)c(-c5scc6ccccc56)c4)CC3)CC2)CC1. The molecule has 6 saturated carbocycles. The Balaban J connectivity index is 0.708. The first-order valence-corrected chi connectivity index (χ1v) is 30.6. The maximum Gasteiger partial charge on any atom is 0.314 e. The molecule has 2 aromatic carbocycles. The standard InChI is InChI=1S/C64H86O12S/c1-63(2,3)46-23-19-43(20-24-46)59(67)73-50-31-27-48(28-32-50)71-57(65)39-11-13-41(14-12-39)61(69)75-52-35-36-55(54(37-52)56-53-10-8-7-9-45(53)38-77-56)76-62(70)42-17-15-40(16-18-42)58(66)72-49-29-33-51(34-30-49)74-60(68)44-21-25-47(26-22-44)64(4,5)6/h7-10,35-44,46-51H,11-34H2,1-6H3/t39-,40-,41-,42-,43?,44?,46?,47?,48-,49-,50-,51-. The van der Waals surface area contributed by atoms with E-state index in [1.165, 1.54) is 11.3 Å². The number of benzene rings is 2. The lowest BCUT2D eigenvalue weighted by Crippen LogP contribution is -2.35. The van der Waals surface area contributed by atoms with Gasteiger partial charge >= 0.3 is 35.8 Å². The fourth-order valence-electron chi connectivity index (χ4n) is 13.5. The lowest BCUT2D eigenvalue weighted by Gasteiger charge is -2.37. The normalized spacial score (nSPS) is 30.3. The summed E-state index contributed by atoms with van der Waals surface area (Å²) in [5.41, 5.74) is 1.18. The smallest absolute Gasteiger partial charge is 0.314 e.